The summed E-state index contributed by atoms with van der Waals surface area (Å²) < 4.78 is 1.88. The number of nitrogen functional groups attached to an aromatic ring is 1. The Labute approximate surface area is 134 Å². The van der Waals surface area contributed by atoms with E-state index in [2.05, 4.69) is 10.3 Å². The third-order valence-corrected chi connectivity index (χ3v) is 4.24. The van der Waals surface area contributed by atoms with Crippen molar-refractivity contribution >= 4 is 56.8 Å². The van der Waals surface area contributed by atoms with Gasteiger partial charge in [0.1, 0.15) is 0 Å². The Hall–Kier alpha value is -1.76. The van der Waals surface area contributed by atoms with Crippen molar-refractivity contribution in [3.05, 3.63) is 45.6 Å². The van der Waals surface area contributed by atoms with Crippen LogP contribution in [0, 0.1) is 0 Å². The van der Waals surface area contributed by atoms with E-state index in [-0.39, 0.29) is 12.3 Å². The van der Waals surface area contributed by atoms with Gasteiger partial charge in [0.05, 0.1) is 27.8 Å². The molecule has 108 valence electrons. The van der Waals surface area contributed by atoms with Crippen LogP contribution in [0.15, 0.2) is 29.9 Å². The van der Waals surface area contributed by atoms with Crippen LogP contribution < -0.4 is 11.1 Å². The van der Waals surface area contributed by atoms with Gasteiger partial charge in [0, 0.05) is 23.5 Å². The summed E-state index contributed by atoms with van der Waals surface area (Å²) in [5.74, 6) is -0.197. The van der Waals surface area contributed by atoms with Crippen LogP contribution in [0.2, 0.25) is 10.0 Å². The lowest BCUT2D eigenvalue weighted by Gasteiger charge is -2.07. The van der Waals surface area contributed by atoms with Gasteiger partial charge >= 0.3 is 0 Å². The first-order valence-electron chi connectivity index (χ1n) is 5.98. The van der Waals surface area contributed by atoms with Crippen molar-refractivity contribution < 1.29 is 4.79 Å². The number of amides is 1. The van der Waals surface area contributed by atoms with Crippen molar-refractivity contribution in [1.29, 1.82) is 0 Å². The van der Waals surface area contributed by atoms with Gasteiger partial charge in [0.2, 0.25) is 5.91 Å². The molecule has 0 fully saturated rings. The number of thiazole rings is 1. The Bertz CT molecular complexity index is 775. The number of anilines is 2. The number of nitrogens with two attached hydrogens (primary N) is 1. The zero-order chi connectivity index (χ0) is 15.0. The lowest BCUT2D eigenvalue weighted by Crippen LogP contribution is -2.14. The number of nitrogens with zero attached hydrogens (tertiary/aromatic N) is 2. The minimum absolute atomic E-state index is 0.175. The molecule has 0 saturated heterocycles. The largest absolute Gasteiger partial charge is 0.396 e. The third kappa shape index (κ3) is 2.97. The number of carbonyl (C=O) groups excluding carboxylic acids is 1. The van der Waals surface area contributed by atoms with Crippen molar-refractivity contribution in [3.8, 4) is 0 Å². The maximum atomic E-state index is 12.0. The summed E-state index contributed by atoms with van der Waals surface area (Å²) in [5, 5.41) is 5.27. The summed E-state index contributed by atoms with van der Waals surface area (Å²) >= 11 is 13.4. The van der Waals surface area contributed by atoms with Crippen LogP contribution in [0.1, 0.15) is 5.69 Å². The van der Waals surface area contributed by atoms with E-state index < -0.39 is 0 Å². The van der Waals surface area contributed by atoms with Crippen LogP contribution in [0.3, 0.4) is 0 Å². The second-order valence-corrected chi connectivity index (χ2v) is 6.09. The predicted molar refractivity (Wildman–Crippen MR) is 86.3 cm³/mol. The van der Waals surface area contributed by atoms with Gasteiger partial charge in [-0.05, 0) is 12.1 Å². The van der Waals surface area contributed by atoms with E-state index >= 15 is 0 Å². The summed E-state index contributed by atoms with van der Waals surface area (Å²) in [7, 11) is 0. The molecule has 0 aliphatic heterocycles. The fourth-order valence-electron chi connectivity index (χ4n) is 1.89. The quantitative estimate of drug-likeness (QED) is 0.717. The lowest BCUT2D eigenvalue weighted by molar-refractivity contribution is -0.115. The maximum absolute atomic E-state index is 12.0. The smallest absolute Gasteiger partial charge is 0.230 e. The Kier molecular flexibility index (Phi) is 3.75. The molecular formula is C13H10Cl2N4OS. The summed E-state index contributed by atoms with van der Waals surface area (Å²) in [5.41, 5.74) is 7.15. The fourth-order valence-corrected chi connectivity index (χ4v) is 3.09. The highest BCUT2D eigenvalue weighted by molar-refractivity contribution is 7.15. The van der Waals surface area contributed by atoms with Crippen molar-refractivity contribution in [2.45, 2.75) is 6.42 Å². The Morgan fingerprint density at radius 2 is 2.10 bits per heavy atom. The maximum Gasteiger partial charge on any atom is 0.230 e. The molecule has 3 aromatic rings. The SMILES string of the molecule is Nc1c(Cl)cc(NC(=O)Cc2cn3ccsc3n2)cc1Cl. The highest BCUT2D eigenvalue weighted by atomic mass is 35.5. The number of benzene rings is 1. The van der Waals surface area contributed by atoms with Gasteiger partial charge in [-0.1, -0.05) is 23.2 Å². The normalized spacial score (nSPS) is 11.0. The number of hydrogen-bond donors (Lipinski definition) is 2. The zero-order valence-electron chi connectivity index (χ0n) is 10.6. The van der Waals surface area contributed by atoms with Crippen molar-refractivity contribution in [2.75, 3.05) is 11.1 Å². The van der Waals surface area contributed by atoms with E-state index in [0.717, 1.165) is 4.96 Å². The molecule has 0 aliphatic rings. The van der Waals surface area contributed by atoms with E-state index in [9.17, 15) is 4.79 Å². The van der Waals surface area contributed by atoms with E-state index in [1.807, 2.05) is 22.2 Å². The minimum Gasteiger partial charge on any atom is -0.396 e. The van der Waals surface area contributed by atoms with Gasteiger partial charge in [0.15, 0.2) is 4.96 Å². The summed E-state index contributed by atoms with van der Waals surface area (Å²) in [6.07, 6.45) is 3.90. The zero-order valence-corrected chi connectivity index (χ0v) is 13.0. The molecule has 0 aliphatic carbocycles. The molecule has 1 amide bonds. The minimum atomic E-state index is -0.197. The first kappa shape index (κ1) is 14.2. The van der Waals surface area contributed by atoms with Crippen LogP contribution in [-0.4, -0.2) is 15.3 Å². The standard InChI is InChI=1S/C13H10Cl2N4OS/c14-9-3-7(4-10(15)12(9)16)17-11(20)5-8-6-19-1-2-21-13(19)18-8/h1-4,6H,5,16H2,(H,17,20). The van der Waals surface area contributed by atoms with Gasteiger partial charge in [0.25, 0.3) is 0 Å². The van der Waals surface area contributed by atoms with Crippen LogP contribution in [0.5, 0.6) is 0 Å². The van der Waals surface area contributed by atoms with Crippen LogP contribution in [-0.2, 0) is 11.2 Å². The highest BCUT2D eigenvalue weighted by Crippen LogP contribution is 2.31. The predicted octanol–water partition coefficient (Wildman–Crippen LogP) is 3.47. The molecule has 0 saturated carbocycles. The number of hydrogen-bond acceptors (Lipinski definition) is 4. The van der Waals surface area contributed by atoms with Gasteiger partial charge in [-0.15, -0.1) is 11.3 Å². The summed E-state index contributed by atoms with van der Waals surface area (Å²) in [6.45, 7) is 0. The van der Waals surface area contributed by atoms with Crippen LogP contribution in [0.4, 0.5) is 11.4 Å². The van der Waals surface area contributed by atoms with Gasteiger partial charge in [-0.25, -0.2) is 4.98 Å². The number of halogens is 2. The molecule has 0 spiro atoms. The average molecular weight is 341 g/mol. The summed E-state index contributed by atoms with van der Waals surface area (Å²) in [4.78, 5) is 17.2. The molecule has 0 unspecified atom stereocenters. The second kappa shape index (κ2) is 5.55. The molecule has 3 N–H and O–H groups in total. The van der Waals surface area contributed by atoms with E-state index in [1.165, 1.54) is 11.3 Å². The monoisotopic (exact) mass is 340 g/mol. The van der Waals surface area contributed by atoms with E-state index in [4.69, 9.17) is 28.9 Å². The average Bonchev–Trinajstić information content (AvgIpc) is 2.96. The second-order valence-electron chi connectivity index (χ2n) is 4.40. The molecule has 5 nitrogen and oxygen atoms in total. The molecule has 1 aromatic carbocycles. The number of aromatic nitrogens is 2. The van der Waals surface area contributed by atoms with E-state index in [1.54, 1.807) is 12.1 Å². The molecule has 2 aromatic heterocycles. The summed E-state index contributed by atoms with van der Waals surface area (Å²) in [6, 6.07) is 3.12. The molecule has 0 atom stereocenters. The molecule has 2 heterocycles. The fraction of sp³-hybridized carbons (Fsp3) is 0.0769. The Morgan fingerprint density at radius 1 is 1.38 bits per heavy atom. The number of fused-ring (bicyclic) bond motifs is 1. The first-order chi connectivity index (χ1) is 10.0. The lowest BCUT2D eigenvalue weighted by atomic mass is 10.2. The van der Waals surface area contributed by atoms with Crippen molar-refractivity contribution in [3.63, 3.8) is 0 Å². The molecule has 21 heavy (non-hydrogen) atoms. The third-order valence-electron chi connectivity index (χ3n) is 2.85. The molecule has 8 heteroatoms. The van der Waals surface area contributed by atoms with E-state index in [0.29, 0.717) is 27.1 Å². The van der Waals surface area contributed by atoms with Crippen LogP contribution >= 0.6 is 34.5 Å². The van der Waals surface area contributed by atoms with Gasteiger partial charge in [-0.2, -0.15) is 0 Å². The molecular weight excluding hydrogens is 331 g/mol. The number of imidazole rings is 1. The first-order valence-corrected chi connectivity index (χ1v) is 7.62. The number of nitrogens with one attached hydrogen (secondary N) is 1. The van der Waals surface area contributed by atoms with Gasteiger partial charge in [-0.3, -0.25) is 9.20 Å². The topological polar surface area (TPSA) is 72.4 Å². The van der Waals surface area contributed by atoms with Crippen LogP contribution in [0.25, 0.3) is 4.96 Å². The van der Waals surface area contributed by atoms with Gasteiger partial charge < -0.3 is 11.1 Å². The Balaban J connectivity index is 1.73. The molecule has 0 bridgehead atoms. The highest BCUT2D eigenvalue weighted by Gasteiger charge is 2.11. The number of carbonyl (C=O) groups is 1. The number of rotatable bonds is 3. The molecule has 3 rings (SSSR count). The van der Waals surface area contributed by atoms with Crippen molar-refractivity contribution in [1.82, 2.24) is 9.38 Å². The van der Waals surface area contributed by atoms with Crippen molar-refractivity contribution in [2.24, 2.45) is 0 Å². The Morgan fingerprint density at radius 3 is 2.76 bits per heavy atom. The molecule has 0 radical (unpaired) electrons.